The molecule has 3 heterocycles. The SMILES string of the molecule is Cc1cc(C(=O)CCC(=O)N2CCCN(S(=O)(=O)c3c(C)noc3C)CC2)c(C)s1. The van der Waals surface area contributed by atoms with Gasteiger partial charge in [-0.1, -0.05) is 5.16 Å². The van der Waals surface area contributed by atoms with Crippen LogP contribution >= 0.6 is 11.3 Å². The maximum Gasteiger partial charge on any atom is 0.248 e. The van der Waals surface area contributed by atoms with E-state index in [0.717, 1.165) is 9.75 Å². The van der Waals surface area contributed by atoms with Crippen molar-refractivity contribution in [1.29, 1.82) is 0 Å². The van der Waals surface area contributed by atoms with E-state index in [0.29, 0.717) is 37.3 Å². The van der Waals surface area contributed by atoms with Gasteiger partial charge in [-0.15, -0.1) is 11.3 Å². The molecule has 1 amide bonds. The summed E-state index contributed by atoms with van der Waals surface area (Å²) in [6.07, 6.45) is 0.822. The number of thiophene rings is 1. The Bertz CT molecular complexity index is 1040. The van der Waals surface area contributed by atoms with E-state index in [2.05, 4.69) is 5.16 Å². The summed E-state index contributed by atoms with van der Waals surface area (Å²) in [4.78, 5) is 28.9. The lowest BCUT2D eigenvalue weighted by Gasteiger charge is -2.22. The molecule has 164 valence electrons. The van der Waals surface area contributed by atoms with Crippen molar-refractivity contribution in [3.05, 3.63) is 32.8 Å². The first-order valence-electron chi connectivity index (χ1n) is 9.92. The minimum atomic E-state index is -3.73. The summed E-state index contributed by atoms with van der Waals surface area (Å²) in [7, 11) is -3.73. The number of hydrogen-bond acceptors (Lipinski definition) is 7. The molecule has 0 bridgehead atoms. The minimum absolute atomic E-state index is 0.0253. The Hall–Kier alpha value is -2.04. The molecule has 0 N–H and O–H groups in total. The Balaban J connectivity index is 1.60. The first-order valence-corrected chi connectivity index (χ1v) is 12.2. The molecule has 10 heteroatoms. The van der Waals surface area contributed by atoms with Gasteiger partial charge in [0.05, 0.1) is 0 Å². The Kier molecular flexibility index (Phi) is 6.78. The van der Waals surface area contributed by atoms with Gasteiger partial charge in [-0.05, 0) is 40.2 Å². The molecule has 0 aliphatic carbocycles. The summed E-state index contributed by atoms with van der Waals surface area (Å²) >= 11 is 1.58. The molecule has 8 nitrogen and oxygen atoms in total. The number of rotatable bonds is 6. The maximum absolute atomic E-state index is 13.0. The molecule has 0 spiro atoms. The lowest BCUT2D eigenvalue weighted by Crippen LogP contribution is -2.37. The van der Waals surface area contributed by atoms with Crippen molar-refractivity contribution in [1.82, 2.24) is 14.4 Å². The Morgan fingerprint density at radius 1 is 1.10 bits per heavy atom. The molecule has 1 saturated heterocycles. The molecule has 0 aromatic carbocycles. The van der Waals surface area contributed by atoms with Gasteiger partial charge in [0.1, 0.15) is 10.6 Å². The van der Waals surface area contributed by atoms with Gasteiger partial charge >= 0.3 is 0 Å². The van der Waals surface area contributed by atoms with Gasteiger partial charge in [0.15, 0.2) is 11.5 Å². The fourth-order valence-corrected chi connectivity index (χ4v) is 6.48. The average Bonchev–Trinajstić information content (AvgIpc) is 3.08. The summed E-state index contributed by atoms with van der Waals surface area (Å²) < 4.78 is 32.4. The van der Waals surface area contributed by atoms with E-state index in [4.69, 9.17) is 4.52 Å². The lowest BCUT2D eigenvalue weighted by atomic mass is 10.1. The highest BCUT2D eigenvalue weighted by atomic mass is 32.2. The van der Waals surface area contributed by atoms with Crippen molar-refractivity contribution in [2.45, 2.75) is 51.9 Å². The topological polar surface area (TPSA) is 101 Å². The van der Waals surface area contributed by atoms with Gasteiger partial charge in [0, 0.05) is 54.3 Å². The number of nitrogens with zero attached hydrogens (tertiary/aromatic N) is 3. The van der Waals surface area contributed by atoms with Gasteiger partial charge in [0.2, 0.25) is 15.9 Å². The number of aryl methyl sites for hydroxylation is 4. The zero-order valence-electron chi connectivity index (χ0n) is 17.7. The number of carbonyl (C=O) groups is 2. The fourth-order valence-electron chi connectivity index (χ4n) is 3.78. The van der Waals surface area contributed by atoms with Crippen LogP contribution in [0.4, 0.5) is 0 Å². The summed E-state index contributed by atoms with van der Waals surface area (Å²) in [5.74, 6) is 0.120. The number of carbonyl (C=O) groups excluding carboxylic acids is 2. The van der Waals surface area contributed by atoms with Crippen LogP contribution in [-0.4, -0.2) is 60.6 Å². The van der Waals surface area contributed by atoms with E-state index in [9.17, 15) is 18.0 Å². The fraction of sp³-hybridized carbons (Fsp3) is 0.550. The van der Waals surface area contributed by atoms with E-state index in [1.54, 1.807) is 30.1 Å². The van der Waals surface area contributed by atoms with Crippen molar-refractivity contribution in [3.8, 4) is 0 Å². The number of Topliss-reactive ketones (excluding diaryl/α,β-unsaturated/α-hetero) is 1. The van der Waals surface area contributed by atoms with Crippen molar-refractivity contribution >= 4 is 33.1 Å². The van der Waals surface area contributed by atoms with Crippen LogP contribution in [0.1, 0.15) is 50.8 Å². The third-order valence-corrected chi connectivity index (χ3v) is 8.39. The second kappa shape index (κ2) is 8.99. The molecule has 0 unspecified atom stereocenters. The lowest BCUT2D eigenvalue weighted by molar-refractivity contribution is -0.131. The Morgan fingerprint density at radius 2 is 1.83 bits per heavy atom. The Morgan fingerprint density at radius 3 is 2.43 bits per heavy atom. The second-order valence-electron chi connectivity index (χ2n) is 7.54. The monoisotopic (exact) mass is 453 g/mol. The van der Waals surface area contributed by atoms with Crippen LogP contribution in [0.25, 0.3) is 0 Å². The van der Waals surface area contributed by atoms with Gasteiger partial charge in [-0.2, -0.15) is 4.31 Å². The van der Waals surface area contributed by atoms with Gasteiger partial charge < -0.3 is 9.42 Å². The van der Waals surface area contributed by atoms with Crippen LogP contribution in [0, 0.1) is 27.7 Å². The Labute approximate surface area is 180 Å². The molecular formula is C20H27N3O5S2. The number of ketones is 1. The van der Waals surface area contributed by atoms with Crippen LogP contribution in [-0.2, 0) is 14.8 Å². The predicted octanol–water partition coefficient (Wildman–Crippen LogP) is 2.86. The average molecular weight is 454 g/mol. The number of aromatic nitrogens is 1. The number of amides is 1. The molecule has 3 rings (SSSR count). The third kappa shape index (κ3) is 4.65. The molecule has 0 saturated carbocycles. The summed E-state index contributed by atoms with van der Waals surface area (Å²) in [5, 5.41) is 3.74. The largest absolute Gasteiger partial charge is 0.360 e. The van der Waals surface area contributed by atoms with Crippen molar-refractivity contribution < 1.29 is 22.5 Å². The van der Waals surface area contributed by atoms with E-state index in [-0.39, 0.29) is 41.7 Å². The molecule has 2 aromatic rings. The van der Waals surface area contributed by atoms with Gasteiger partial charge in [0.25, 0.3) is 0 Å². The van der Waals surface area contributed by atoms with Crippen molar-refractivity contribution in [2.75, 3.05) is 26.2 Å². The van der Waals surface area contributed by atoms with Crippen LogP contribution < -0.4 is 0 Å². The van der Waals surface area contributed by atoms with E-state index in [1.165, 1.54) is 4.31 Å². The molecular weight excluding hydrogens is 426 g/mol. The zero-order valence-corrected chi connectivity index (χ0v) is 19.4. The van der Waals surface area contributed by atoms with E-state index in [1.807, 2.05) is 19.9 Å². The number of hydrogen-bond donors (Lipinski definition) is 0. The summed E-state index contributed by atoms with van der Waals surface area (Å²) in [6, 6.07) is 1.87. The highest BCUT2D eigenvalue weighted by molar-refractivity contribution is 7.89. The first kappa shape index (κ1) is 22.6. The molecule has 30 heavy (non-hydrogen) atoms. The highest BCUT2D eigenvalue weighted by Gasteiger charge is 2.33. The molecule has 1 aliphatic rings. The first-order chi connectivity index (χ1) is 14.1. The van der Waals surface area contributed by atoms with Gasteiger partial charge in [-0.25, -0.2) is 8.42 Å². The molecule has 2 aromatic heterocycles. The van der Waals surface area contributed by atoms with Crippen molar-refractivity contribution in [2.24, 2.45) is 0 Å². The normalized spacial score (nSPS) is 15.9. The molecule has 1 aliphatic heterocycles. The predicted molar refractivity (Wildman–Crippen MR) is 113 cm³/mol. The van der Waals surface area contributed by atoms with Gasteiger partial charge in [-0.3, -0.25) is 9.59 Å². The standard InChI is InChI=1S/C20H27N3O5S2/c1-13-12-17(16(4)29-13)18(24)6-7-19(25)22-8-5-9-23(11-10-22)30(26,27)20-14(2)21-28-15(20)3/h12H,5-11H2,1-4H3. The van der Waals surface area contributed by atoms with E-state index >= 15 is 0 Å². The highest BCUT2D eigenvalue weighted by Crippen LogP contribution is 2.25. The van der Waals surface area contributed by atoms with Crippen LogP contribution in [0.5, 0.6) is 0 Å². The van der Waals surface area contributed by atoms with E-state index < -0.39 is 10.0 Å². The number of sulfonamides is 1. The molecule has 1 fully saturated rings. The second-order valence-corrected chi connectivity index (χ2v) is 10.9. The zero-order chi connectivity index (χ0) is 22.1. The van der Waals surface area contributed by atoms with Crippen molar-refractivity contribution in [3.63, 3.8) is 0 Å². The minimum Gasteiger partial charge on any atom is -0.360 e. The molecule has 0 atom stereocenters. The van der Waals surface area contributed by atoms with Crippen LogP contribution in [0.15, 0.2) is 15.5 Å². The third-order valence-electron chi connectivity index (χ3n) is 5.28. The van der Waals surface area contributed by atoms with Crippen LogP contribution in [0.3, 0.4) is 0 Å². The van der Waals surface area contributed by atoms with Crippen LogP contribution in [0.2, 0.25) is 0 Å². The summed E-state index contributed by atoms with van der Waals surface area (Å²) in [6.45, 7) is 8.34. The quantitative estimate of drug-likeness (QED) is 0.624. The maximum atomic E-state index is 13.0. The summed E-state index contributed by atoms with van der Waals surface area (Å²) in [5.41, 5.74) is 1.03. The molecule has 0 radical (unpaired) electrons. The smallest absolute Gasteiger partial charge is 0.248 e.